The van der Waals surface area contributed by atoms with Gasteiger partial charge < -0.3 is 14.8 Å². The van der Waals surface area contributed by atoms with Gasteiger partial charge in [-0.1, -0.05) is 12.1 Å². The second-order valence-electron chi connectivity index (χ2n) is 5.66. The number of anilines is 1. The fraction of sp³-hybridized carbons (Fsp3) is 0.278. The maximum atomic E-state index is 12.3. The summed E-state index contributed by atoms with van der Waals surface area (Å²) in [5.41, 5.74) is 2.02. The SMILES string of the molecule is COc1ccc(CC(=O)Nc2cc(S(C)(=O)=O)ccc2C)cc1OC. The van der Waals surface area contributed by atoms with Crippen molar-refractivity contribution in [3.05, 3.63) is 47.5 Å². The van der Waals surface area contributed by atoms with E-state index in [1.807, 2.05) is 0 Å². The van der Waals surface area contributed by atoms with E-state index in [2.05, 4.69) is 5.32 Å². The lowest BCUT2D eigenvalue weighted by Gasteiger charge is -2.12. The summed E-state index contributed by atoms with van der Waals surface area (Å²) in [6, 6.07) is 9.91. The van der Waals surface area contributed by atoms with Gasteiger partial charge in [0.05, 0.1) is 25.5 Å². The average Bonchev–Trinajstić information content (AvgIpc) is 2.55. The molecule has 0 radical (unpaired) electrons. The van der Waals surface area contributed by atoms with Crippen LogP contribution in [0.25, 0.3) is 0 Å². The smallest absolute Gasteiger partial charge is 0.228 e. The third-order valence-corrected chi connectivity index (χ3v) is 4.83. The van der Waals surface area contributed by atoms with Crippen molar-refractivity contribution in [2.75, 3.05) is 25.8 Å². The van der Waals surface area contributed by atoms with Crippen molar-refractivity contribution in [2.24, 2.45) is 0 Å². The first-order chi connectivity index (χ1) is 11.7. The first-order valence-corrected chi connectivity index (χ1v) is 9.45. The van der Waals surface area contributed by atoms with Gasteiger partial charge in [-0.05, 0) is 42.3 Å². The van der Waals surface area contributed by atoms with Crippen molar-refractivity contribution < 1.29 is 22.7 Å². The molecule has 2 aromatic carbocycles. The van der Waals surface area contributed by atoms with E-state index in [0.29, 0.717) is 17.2 Å². The molecule has 7 heteroatoms. The van der Waals surface area contributed by atoms with Gasteiger partial charge in [0.2, 0.25) is 5.91 Å². The molecule has 0 aliphatic heterocycles. The minimum atomic E-state index is -3.34. The Hall–Kier alpha value is -2.54. The van der Waals surface area contributed by atoms with E-state index in [-0.39, 0.29) is 17.2 Å². The molecule has 1 amide bonds. The number of hydrogen-bond donors (Lipinski definition) is 1. The highest BCUT2D eigenvalue weighted by Gasteiger charge is 2.13. The first kappa shape index (κ1) is 18.8. The molecular weight excluding hydrogens is 342 g/mol. The van der Waals surface area contributed by atoms with Crippen LogP contribution in [0.2, 0.25) is 0 Å². The summed E-state index contributed by atoms with van der Waals surface area (Å²) in [4.78, 5) is 12.5. The zero-order valence-corrected chi connectivity index (χ0v) is 15.4. The molecule has 0 atom stereocenters. The molecule has 6 nitrogen and oxygen atoms in total. The van der Waals surface area contributed by atoms with E-state index in [1.54, 1.807) is 38.3 Å². The van der Waals surface area contributed by atoms with Crippen LogP contribution in [-0.4, -0.2) is 34.8 Å². The topological polar surface area (TPSA) is 81.7 Å². The average molecular weight is 363 g/mol. The first-order valence-electron chi connectivity index (χ1n) is 7.56. The van der Waals surface area contributed by atoms with Crippen molar-refractivity contribution >= 4 is 21.4 Å². The molecule has 1 N–H and O–H groups in total. The summed E-state index contributed by atoms with van der Waals surface area (Å²) < 4.78 is 33.7. The van der Waals surface area contributed by atoms with Crippen LogP contribution >= 0.6 is 0 Å². The van der Waals surface area contributed by atoms with E-state index in [4.69, 9.17) is 9.47 Å². The van der Waals surface area contributed by atoms with Gasteiger partial charge in [0, 0.05) is 11.9 Å². The van der Waals surface area contributed by atoms with Crippen LogP contribution in [0.3, 0.4) is 0 Å². The molecular formula is C18H21NO5S. The summed E-state index contributed by atoms with van der Waals surface area (Å²) >= 11 is 0. The lowest BCUT2D eigenvalue weighted by Crippen LogP contribution is -2.15. The van der Waals surface area contributed by atoms with Crippen LogP contribution in [0.5, 0.6) is 11.5 Å². The van der Waals surface area contributed by atoms with Crippen LogP contribution in [0.4, 0.5) is 5.69 Å². The standard InChI is InChI=1S/C18H21NO5S/c1-12-5-7-14(25(4,21)22)11-15(12)19-18(20)10-13-6-8-16(23-2)17(9-13)24-3/h5-9,11H,10H2,1-4H3,(H,19,20). The Kier molecular flexibility index (Phi) is 5.69. The van der Waals surface area contributed by atoms with Crippen molar-refractivity contribution in [3.8, 4) is 11.5 Å². The number of benzene rings is 2. The Morgan fingerprint density at radius 3 is 2.32 bits per heavy atom. The largest absolute Gasteiger partial charge is 0.493 e. The molecule has 0 aliphatic rings. The molecule has 0 saturated carbocycles. The Labute approximate surface area is 147 Å². The predicted molar refractivity (Wildman–Crippen MR) is 96.2 cm³/mol. The third-order valence-electron chi connectivity index (χ3n) is 3.72. The van der Waals surface area contributed by atoms with Gasteiger partial charge in [-0.25, -0.2) is 8.42 Å². The normalized spacial score (nSPS) is 11.0. The minimum Gasteiger partial charge on any atom is -0.493 e. The number of carbonyl (C=O) groups excluding carboxylic acids is 1. The van der Waals surface area contributed by atoms with Gasteiger partial charge in [-0.15, -0.1) is 0 Å². The van der Waals surface area contributed by atoms with E-state index >= 15 is 0 Å². The Morgan fingerprint density at radius 1 is 1.04 bits per heavy atom. The van der Waals surface area contributed by atoms with Gasteiger partial charge in [-0.3, -0.25) is 4.79 Å². The Morgan fingerprint density at radius 2 is 1.72 bits per heavy atom. The van der Waals surface area contributed by atoms with Crippen molar-refractivity contribution in [3.63, 3.8) is 0 Å². The molecule has 0 heterocycles. The quantitative estimate of drug-likeness (QED) is 0.853. The van der Waals surface area contributed by atoms with E-state index in [0.717, 1.165) is 17.4 Å². The molecule has 25 heavy (non-hydrogen) atoms. The van der Waals surface area contributed by atoms with Crippen LogP contribution < -0.4 is 14.8 Å². The number of ether oxygens (including phenoxy) is 2. The van der Waals surface area contributed by atoms with Gasteiger partial charge in [0.15, 0.2) is 21.3 Å². The van der Waals surface area contributed by atoms with Crippen molar-refractivity contribution in [1.82, 2.24) is 0 Å². The molecule has 2 aromatic rings. The van der Waals surface area contributed by atoms with Crippen LogP contribution in [-0.2, 0) is 21.1 Å². The Balaban J connectivity index is 2.18. The molecule has 2 rings (SSSR count). The number of hydrogen-bond acceptors (Lipinski definition) is 5. The monoisotopic (exact) mass is 363 g/mol. The summed E-state index contributed by atoms with van der Waals surface area (Å²) in [7, 11) is -0.262. The molecule has 0 bridgehead atoms. The summed E-state index contributed by atoms with van der Waals surface area (Å²) in [6.45, 7) is 1.80. The molecule has 0 saturated heterocycles. The highest BCUT2D eigenvalue weighted by molar-refractivity contribution is 7.90. The fourth-order valence-electron chi connectivity index (χ4n) is 2.34. The molecule has 0 spiro atoms. The van der Waals surface area contributed by atoms with Crippen molar-refractivity contribution in [1.29, 1.82) is 0 Å². The fourth-order valence-corrected chi connectivity index (χ4v) is 2.98. The maximum Gasteiger partial charge on any atom is 0.228 e. The molecule has 0 aromatic heterocycles. The third kappa shape index (κ3) is 4.73. The zero-order valence-electron chi connectivity index (χ0n) is 14.6. The molecule has 0 unspecified atom stereocenters. The lowest BCUT2D eigenvalue weighted by molar-refractivity contribution is -0.115. The van der Waals surface area contributed by atoms with Gasteiger partial charge >= 0.3 is 0 Å². The number of aryl methyl sites for hydroxylation is 1. The van der Waals surface area contributed by atoms with E-state index in [1.165, 1.54) is 19.2 Å². The number of rotatable bonds is 6. The lowest BCUT2D eigenvalue weighted by atomic mass is 10.1. The Bertz CT molecular complexity index is 890. The molecule has 0 aliphatic carbocycles. The number of methoxy groups -OCH3 is 2. The second-order valence-corrected chi connectivity index (χ2v) is 7.68. The zero-order chi connectivity index (χ0) is 18.6. The maximum absolute atomic E-state index is 12.3. The second kappa shape index (κ2) is 7.57. The predicted octanol–water partition coefficient (Wildman–Crippen LogP) is 2.60. The number of carbonyl (C=O) groups is 1. The number of amides is 1. The van der Waals surface area contributed by atoms with Crippen molar-refractivity contribution in [2.45, 2.75) is 18.2 Å². The minimum absolute atomic E-state index is 0.128. The van der Waals surface area contributed by atoms with Crippen LogP contribution in [0.15, 0.2) is 41.3 Å². The summed E-state index contributed by atoms with van der Waals surface area (Å²) in [6.07, 6.45) is 1.26. The number of sulfone groups is 1. The highest BCUT2D eigenvalue weighted by atomic mass is 32.2. The van der Waals surface area contributed by atoms with E-state index < -0.39 is 9.84 Å². The molecule has 0 fully saturated rings. The van der Waals surface area contributed by atoms with E-state index in [9.17, 15) is 13.2 Å². The number of nitrogens with one attached hydrogen (secondary N) is 1. The summed E-state index contributed by atoms with van der Waals surface area (Å²) in [5.74, 6) is 0.882. The van der Waals surface area contributed by atoms with Gasteiger partial charge in [0.1, 0.15) is 0 Å². The van der Waals surface area contributed by atoms with Crippen LogP contribution in [0.1, 0.15) is 11.1 Å². The summed E-state index contributed by atoms with van der Waals surface area (Å²) in [5, 5.41) is 2.76. The van der Waals surface area contributed by atoms with Gasteiger partial charge in [-0.2, -0.15) is 0 Å². The highest BCUT2D eigenvalue weighted by Crippen LogP contribution is 2.28. The van der Waals surface area contributed by atoms with Crippen LogP contribution in [0, 0.1) is 6.92 Å². The van der Waals surface area contributed by atoms with Gasteiger partial charge in [0.25, 0.3) is 0 Å². The molecule has 134 valence electrons.